The Morgan fingerprint density at radius 3 is 1.64 bits per heavy atom. The minimum absolute atomic E-state index is 0.242. The van der Waals surface area contributed by atoms with E-state index >= 15 is 0 Å². The van der Waals surface area contributed by atoms with Gasteiger partial charge in [0.1, 0.15) is 23.5 Å². The summed E-state index contributed by atoms with van der Waals surface area (Å²) in [4.78, 5) is 25.4. The first-order valence-electron chi connectivity index (χ1n) is 10.7. The quantitative estimate of drug-likeness (QED) is 0.436. The zero-order valence-electron chi connectivity index (χ0n) is 18.5. The Bertz CT molecular complexity index is 1010. The van der Waals surface area contributed by atoms with Crippen molar-refractivity contribution in [3.05, 3.63) is 101 Å². The number of benzene rings is 3. The number of carbonyl (C=O) groups excluding carboxylic acids is 2. The van der Waals surface area contributed by atoms with Crippen molar-refractivity contribution in [1.29, 1.82) is 0 Å². The van der Waals surface area contributed by atoms with Gasteiger partial charge in [-0.25, -0.2) is 8.78 Å². The van der Waals surface area contributed by atoms with E-state index < -0.39 is 29.6 Å². The molecule has 0 unspecified atom stereocenters. The van der Waals surface area contributed by atoms with Gasteiger partial charge >= 0.3 is 0 Å². The van der Waals surface area contributed by atoms with Crippen LogP contribution in [0.25, 0.3) is 0 Å². The maximum absolute atomic E-state index is 13.2. The van der Waals surface area contributed by atoms with Crippen molar-refractivity contribution < 1.29 is 23.1 Å². The van der Waals surface area contributed by atoms with Crippen LogP contribution in [0, 0.1) is 17.6 Å². The Kier molecular flexibility index (Phi) is 8.13. The van der Waals surface area contributed by atoms with Crippen molar-refractivity contribution in [2.75, 3.05) is 6.61 Å². The minimum Gasteiger partial charge on any atom is -0.494 e. The van der Waals surface area contributed by atoms with E-state index in [0.29, 0.717) is 23.8 Å². The molecule has 172 valence electrons. The summed E-state index contributed by atoms with van der Waals surface area (Å²) in [5.74, 6) is -0.695. The second kappa shape index (κ2) is 11.2. The molecule has 33 heavy (non-hydrogen) atoms. The lowest BCUT2D eigenvalue weighted by Crippen LogP contribution is -2.41. The molecule has 0 saturated heterocycles. The highest BCUT2D eigenvalue weighted by Crippen LogP contribution is 2.19. The molecule has 0 aliphatic carbocycles. The zero-order chi connectivity index (χ0) is 23.8. The molecule has 0 atom stereocenters. The van der Waals surface area contributed by atoms with Crippen LogP contribution in [-0.4, -0.2) is 18.4 Å². The normalized spacial score (nSPS) is 10.8. The SMILES string of the molecule is CC(C)CCOc1ccc(C(NC(=O)c2ccc(F)cc2)NC(=O)c2ccc(F)cc2)cc1. The minimum atomic E-state index is -0.884. The molecular weight excluding hydrogens is 426 g/mol. The number of halogens is 2. The molecule has 0 aliphatic rings. The van der Waals surface area contributed by atoms with E-state index in [2.05, 4.69) is 24.5 Å². The van der Waals surface area contributed by atoms with Crippen LogP contribution in [0.15, 0.2) is 72.8 Å². The highest BCUT2D eigenvalue weighted by Gasteiger charge is 2.19. The third kappa shape index (κ3) is 7.14. The van der Waals surface area contributed by atoms with E-state index in [0.717, 1.165) is 6.42 Å². The number of ether oxygens (including phenoxy) is 1. The average molecular weight is 453 g/mol. The molecule has 0 fully saturated rings. The first-order valence-corrected chi connectivity index (χ1v) is 10.7. The molecule has 0 bridgehead atoms. The Morgan fingerprint density at radius 2 is 1.21 bits per heavy atom. The summed E-state index contributed by atoms with van der Waals surface area (Å²) < 4.78 is 32.1. The van der Waals surface area contributed by atoms with Crippen LogP contribution < -0.4 is 15.4 Å². The van der Waals surface area contributed by atoms with Crippen molar-refractivity contribution in [3.63, 3.8) is 0 Å². The first-order chi connectivity index (χ1) is 15.8. The summed E-state index contributed by atoms with van der Waals surface area (Å²) in [7, 11) is 0. The Balaban J connectivity index is 1.78. The maximum atomic E-state index is 13.2. The predicted octanol–water partition coefficient (Wildman–Crippen LogP) is 5.25. The van der Waals surface area contributed by atoms with Crippen molar-refractivity contribution in [3.8, 4) is 5.75 Å². The fourth-order valence-electron chi connectivity index (χ4n) is 3.00. The molecule has 2 N–H and O–H groups in total. The smallest absolute Gasteiger partial charge is 0.253 e. The van der Waals surface area contributed by atoms with Gasteiger partial charge in [0.05, 0.1) is 6.61 Å². The highest BCUT2D eigenvalue weighted by atomic mass is 19.1. The van der Waals surface area contributed by atoms with E-state index in [1.165, 1.54) is 48.5 Å². The summed E-state index contributed by atoms with van der Waals surface area (Å²) in [5, 5.41) is 5.50. The fourth-order valence-corrected chi connectivity index (χ4v) is 3.00. The topological polar surface area (TPSA) is 67.4 Å². The van der Waals surface area contributed by atoms with Crippen molar-refractivity contribution in [2.45, 2.75) is 26.4 Å². The van der Waals surface area contributed by atoms with Gasteiger partial charge in [0.25, 0.3) is 11.8 Å². The van der Waals surface area contributed by atoms with Crippen LogP contribution in [0.4, 0.5) is 8.78 Å². The number of hydrogen-bond donors (Lipinski definition) is 2. The molecule has 0 spiro atoms. The van der Waals surface area contributed by atoms with Gasteiger partial charge in [-0.05, 0) is 78.6 Å². The highest BCUT2D eigenvalue weighted by molar-refractivity contribution is 5.96. The molecule has 0 radical (unpaired) electrons. The van der Waals surface area contributed by atoms with Gasteiger partial charge in [0.2, 0.25) is 0 Å². The van der Waals surface area contributed by atoms with Crippen LogP contribution >= 0.6 is 0 Å². The zero-order valence-corrected chi connectivity index (χ0v) is 18.5. The van der Waals surface area contributed by atoms with E-state index in [4.69, 9.17) is 4.74 Å². The van der Waals surface area contributed by atoms with Crippen LogP contribution in [0.1, 0.15) is 52.7 Å². The summed E-state index contributed by atoms with van der Waals surface area (Å²) in [5.41, 5.74) is 1.09. The summed E-state index contributed by atoms with van der Waals surface area (Å²) >= 11 is 0. The molecule has 2 amide bonds. The van der Waals surface area contributed by atoms with E-state index in [1.54, 1.807) is 24.3 Å². The van der Waals surface area contributed by atoms with Gasteiger partial charge < -0.3 is 15.4 Å². The lowest BCUT2D eigenvalue weighted by Gasteiger charge is -2.21. The molecule has 3 aromatic carbocycles. The Hall–Kier alpha value is -3.74. The molecule has 3 aromatic rings. The number of nitrogens with one attached hydrogen (secondary N) is 2. The monoisotopic (exact) mass is 452 g/mol. The molecule has 0 aliphatic heterocycles. The van der Waals surface area contributed by atoms with Gasteiger partial charge in [-0.15, -0.1) is 0 Å². The van der Waals surface area contributed by atoms with Crippen LogP contribution in [0.5, 0.6) is 5.75 Å². The average Bonchev–Trinajstić information content (AvgIpc) is 2.79. The lowest BCUT2D eigenvalue weighted by atomic mass is 10.1. The van der Waals surface area contributed by atoms with Crippen LogP contribution in [0.3, 0.4) is 0 Å². The van der Waals surface area contributed by atoms with Gasteiger partial charge in [-0.3, -0.25) is 9.59 Å². The maximum Gasteiger partial charge on any atom is 0.253 e. The molecule has 0 heterocycles. The van der Waals surface area contributed by atoms with Crippen molar-refractivity contribution >= 4 is 11.8 Å². The summed E-state index contributed by atoms with van der Waals surface area (Å²) in [6, 6.07) is 17.2. The van der Waals surface area contributed by atoms with E-state index in [-0.39, 0.29) is 11.1 Å². The predicted molar refractivity (Wildman–Crippen MR) is 122 cm³/mol. The fraction of sp³-hybridized carbons (Fsp3) is 0.231. The van der Waals surface area contributed by atoms with Crippen molar-refractivity contribution in [2.24, 2.45) is 5.92 Å². The first kappa shape index (κ1) is 23.9. The summed E-state index contributed by atoms with van der Waals surface area (Å²) in [6.45, 7) is 4.82. The number of carbonyl (C=O) groups is 2. The largest absolute Gasteiger partial charge is 0.494 e. The standard InChI is InChI=1S/C26H26F2N2O3/c1-17(2)15-16-33-23-13-7-18(8-14-23)24(29-25(31)19-3-9-21(27)10-4-19)30-26(32)20-5-11-22(28)12-6-20/h3-14,17,24H,15-16H2,1-2H3,(H,29,31)(H,30,32). The molecular formula is C26H26F2N2O3. The second-order valence-electron chi connectivity index (χ2n) is 7.99. The second-order valence-corrected chi connectivity index (χ2v) is 7.99. The van der Waals surface area contributed by atoms with E-state index in [9.17, 15) is 18.4 Å². The van der Waals surface area contributed by atoms with Gasteiger partial charge in [-0.2, -0.15) is 0 Å². The van der Waals surface area contributed by atoms with Gasteiger partial charge in [-0.1, -0.05) is 26.0 Å². The Morgan fingerprint density at radius 1 is 0.758 bits per heavy atom. The van der Waals surface area contributed by atoms with Crippen LogP contribution in [0.2, 0.25) is 0 Å². The van der Waals surface area contributed by atoms with E-state index in [1.807, 2.05) is 0 Å². The summed E-state index contributed by atoms with van der Waals surface area (Å²) in [6.07, 6.45) is 0.0380. The number of hydrogen-bond acceptors (Lipinski definition) is 3. The van der Waals surface area contributed by atoms with Crippen LogP contribution in [-0.2, 0) is 0 Å². The third-order valence-corrected chi connectivity index (χ3v) is 4.94. The molecule has 0 aromatic heterocycles. The number of amides is 2. The number of rotatable bonds is 9. The third-order valence-electron chi connectivity index (χ3n) is 4.94. The van der Waals surface area contributed by atoms with Gasteiger partial charge in [0.15, 0.2) is 0 Å². The van der Waals surface area contributed by atoms with Gasteiger partial charge in [0, 0.05) is 11.1 Å². The molecule has 5 nitrogen and oxygen atoms in total. The molecule has 0 saturated carbocycles. The Labute approximate surface area is 191 Å². The van der Waals surface area contributed by atoms with Crippen molar-refractivity contribution in [1.82, 2.24) is 10.6 Å². The molecule has 7 heteroatoms. The molecule has 3 rings (SSSR count). The lowest BCUT2D eigenvalue weighted by molar-refractivity contribution is 0.0883.